The van der Waals surface area contributed by atoms with Gasteiger partial charge in [0.2, 0.25) is 0 Å². The quantitative estimate of drug-likeness (QED) is 0.0346. The smallest absolute Gasteiger partial charge is 0.306 e. The summed E-state index contributed by atoms with van der Waals surface area (Å²) in [5.41, 5.74) is 0. The average molecular weight is 922 g/mol. The van der Waals surface area contributed by atoms with Gasteiger partial charge in [0.15, 0.2) is 6.10 Å². The third-order valence-corrected chi connectivity index (χ3v) is 12.2. The molecule has 0 aliphatic rings. The van der Waals surface area contributed by atoms with Gasteiger partial charge in [0.05, 0.1) is 6.61 Å². The van der Waals surface area contributed by atoms with Crippen molar-refractivity contribution in [3.8, 4) is 0 Å². The van der Waals surface area contributed by atoms with Gasteiger partial charge in [-0.2, -0.15) is 0 Å². The first-order valence-corrected chi connectivity index (χ1v) is 28.5. The largest absolute Gasteiger partial charge is 0.462 e. The number of allylic oxidation sites excluding steroid dienone is 12. The number of carbonyl (C=O) groups excluding carboxylic acids is 2. The first-order chi connectivity index (χ1) is 32.6. The zero-order valence-corrected chi connectivity index (χ0v) is 44.0. The molecule has 1 atom stereocenters. The molecule has 0 aromatic heterocycles. The molecule has 5 heteroatoms. The van der Waals surface area contributed by atoms with E-state index in [0.717, 1.165) is 77.0 Å². The number of esters is 2. The van der Waals surface area contributed by atoms with Crippen molar-refractivity contribution in [3.63, 3.8) is 0 Å². The van der Waals surface area contributed by atoms with Crippen LogP contribution < -0.4 is 0 Å². The predicted molar refractivity (Wildman–Crippen MR) is 288 cm³/mol. The lowest BCUT2D eigenvalue weighted by molar-refractivity contribution is -0.163. The minimum absolute atomic E-state index is 0.0737. The number of unbranched alkanes of at least 4 members (excludes halogenated alkanes) is 29. The molecule has 0 spiro atoms. The molecule has 382 valence electrons. The van der Waals surface area contributed by atoms with Gasteiger partial charge in [-0.3, -0.25) is 9.59 Å². The Kier molecular flexibility index (Phi) is 54.4. The molecule has 0 amide bonds. The van der Waals surface area contributed by atoms with Gasteiger partial charge in [0.25, 0.3) is 0 Å². The first-order valence-electron chi connectivity index (χ1n) is 28.5. The molecule has 0 aromatic carbocycles. The van der Waals surface area contributed by atoms with Crippen molar-refractivity contribution in [1.29, 1.82) is 0 Å². The van der Waals surface area contributed by atoms with E-state index < -0.39 is 6.10 Å². The second kappa shape index (κ2) is 56.7. The monoisotopic (exact) mass is 921 g/mol. The van der Waals surface area contributed by atoms with Crippen LogP contribution in [0.3, 0.4) is 0 Å². The zero-order chi connectivity index (χ0) is 47.7. The number of rotatable bonds is 52. The second-order valence-electron chi connectivity index (χ2n) is 18.8. The average Bonchev–Trinajstić information content (AvgIpc) is 3.32. The fraction of sp³-hybridized carbons (Fsp3) is 0.770. The molecule has 1 unspecified atom stereocenters. The Balaban J connectivity index is 4.26. The number of hydrogen-bond acceptors (Lipinski definition) is 5. The molecule has 0 fully saturated rings. The summed E-state index contributed by atoms with van der Waals surface area (Å²) in [4.78, 5) is 25.5. The summed E-state index contributed by atoms with van der Waals surface area (Å²) in [6.45, 7) is 7.68. The van der Waals surface area contributed by atoms with Gasteiger partial charge in [-0.15, -0.1) is 0 Å². The van der Waals surface area contributed by atoms with Gasteiger partial charge < -0.3 is 14.2 Å². The van der Waals surface area contributed by atoms with Gasteiger partial charge in [0, 0.05) is 19.4 Å². The van der Waals surface area contributed by atoms with Gasteiger partial charge in [-0.1, -0.05) is 235 Å². The first kappa shape index (κ1) is 63.3. The van der Waals surface area contributed by atoms with Crippen molar-refractivity contribution in [1.82, 2.24) is 0 Å². The molecule has 5 nitrogen and oxygen atoms in total. The van der Waals surface area contributed by atoms with Crippen LogP contribution in [0.5, 0.6) is 0 Å². The Labute approximate surface area is 410 Å². The molecule has 0 rings (SSSR count). The van der Waals surface area contributed by atoms with E-state index in [-0.39, 0.29) is 25.2 Å². The molecule has 0 bridgehead atoms. The van der Waals surface area contributed by atoms with Crippen molar-refractivity contribution < 1.29 is 23.8 Å². The summed E-state index contributed by atoms with van der Waals surface area (Å²) >= 11 is 0. The van der Waals surface area contributed by atoms with Crippen molar-refractivity contribution in [2.75, 3.05) is 19.8 Å². The van der Waals surface area contributed by atoms with Crippen LogP contribution >= 0.6 is 0 Å². The van der Waals surface area contributed by atoms with Crippen LogP contribution in [0, 0.1) is 0 Å². The Hall–Kier alpha value is -2.66. The molecule has 0 aromatic rings. The Morgan fingerprint density at radius 2 is 0.697 bits per heavy atom. The molecule has 0 N–H and O–H groups in total. The molecular formula is C61H108O5. The zero-order valence-electron chi connectivity index (χ0n) is 44.0. The standard InChI is InChI=1S/C61H108O5/c1-4-7-10-13-16-19-22-25-27-29-31-33-35-37-39-42-45-48-51-54-60(62)65-58-59(57-64-56-53-50-47-44-41-24-21-18-15-12-9-6-3)66-61(63)55-52-49-46-43-40-38-36-34-32-30-28-26-23-20-17-14-11-8-5-2/h7,10,15-16,18-19,25-28,31,33,59H,4-6,8-9,11-14,17,20-24,29-30,32,34-58H2,1-3H3/b10-7-,18-15-,19-16-,27-25-,28-26-,33-31-. The lowest BCUT2D eigenvalue weighted by atomic mass is 10.1. The van der Waals surface area contributed by atoms with Gasteiger partial charge in [-0.25, -0.2) is 0 Å². The van der Waals surface area contributed by atoms with Crippen molar-refractivity contribution >= 4 is 11.9 Å². The SMILES string of the molecule is CC/C=C\C/C=C\C/C=C\C/C=C\CCCCCCCCC(=O)OCC(COCCCCCCCC/C=C\CCCC)OC(=O)CCCCCCCCCCC/C=C\CCCCCCCC. The van der Waals surface area contributed by atoms with Crippen LogP contribution in [0.4, 0.5) is 0 Å². The third-order valence-electron chi connectivity index (χ3n) is 12.2. The molecule has 0 aliphatic carbocycles. The fourth-order valence-corrected chi connectivity index (χ4v) is 7.95. The van der Waals surface area contributed by atoms with Crippen LogP contribution in [0.15, 0.2) is 72.9 Å². The van der Waals surface area contributed by atoms with Crippen LogP contribution in [0.2, 0.25) is 0 Å². The van der Waals surface area contributed by atoms with Crippen LogP contribution in [-0.4, -0.2) is 37.9 Å². The highest BCUT2D eigenvalue weighted by Gasteiger charge is 2.17. The minimum atomic E-state index is -0.548. The second-order valence-corrected chi connectivity index (χ2v) is 18.8. The molecule has 0 heterocycles. The third kappa shape index (κ3) is 54.0. The van der Waals surface area contributed by atoms with E-state index in [0.29, 0.717) is 19.4 Å². The van der Waals surface area contributed by atoms with E-state index in [2.05, 4.69) is 93.7 Å². The highest BCUT2D eigenvalue weighted by atomic mass is 16.6. The maximum Gasteiger partial charge on any atom is 0.306 e. The number of ether oxygens (including phenoxy) is 3. The maximum atomic E-state index is 12.9. The normalized spacial score (nSPS) is 12.7. The Morgan fingerprint density at radius 3 is 1.15 bits per heavy atom. The fourth-order valence-electron chi connectivity index (χ4n) is 7.95. The molecule has 0 aliphatic heterocycles. The molecule has 0 radical (unpaired) electrons. The minimum Gasteiger partial charge on any atom is -0.462 e. The highest BCUT2D eigenvalue weighted by Crippen LogP contribution is 2.15. The van der Waals surface area contributed by atoms with E-state index in [1.54, 1.807) is 0 Å². The maximum absolute atomic E-state index is 12.9. The lowest BCUT2D eigenvalue weighted by Gasteiger charge is -2.18. The van der Waals surface area contributed by atoms with E-state index >= 15 is 0 Å². The van der Waals surface area contributed by atoms with E-state index in [1.807, 2.05) is 0 Å². The topological polar surface area (TPSA) is 61.8 Å². The number of hydrogen-bond donors (Lipinski definition) is 0. The predicted octanol–water partition coefficient (Wildman–Crippen LogP) is 19.5. The summed E-state index contributed by atoms with van der Waals surface area (Å²) < 4.78 is 17.4. The van der Waals surface area contributed by atoms with Crippen LogP contribution in [-0.2, 0) is 23.8 Å². The summed E-state index contributed by atoms with van der Waals surface area (Å²) in [5, 5.41) is 0. The van der Waals surface area contributed by atoms with Crippen molar-refractivity contribution in [2.45, 2.75) is 284 Å². The molecular weight excluding hydrogens is 813 g/mol. The Bertz CT molecular complexity index is 1180. The van der Waals surface area contributed by atoms with Crippen LogP contribution in [0.1, 0.15) is 278 Å². The van der Waals surface area contributed by atoms with Crippen molar-refractivity contribution in [3.05, 3.63) is 72.9 Å². The van der Waals surface area contributed by atoms with Gasteiger partial charge >= 0.3 is 11.9 Å². The molecule has 0 saturated heterocycles. The molecule has 66 heavy (non-hydrogen) atoms. The number of carbonyl (C=O) groups is 2. The summed E-state index contributed by atoms with van der Waals surface area (Å²) in [7, 11) is 0. The van der Waals surface area contributed by atoms with E-state index in [4.69, 9.17) is 14.2 Å². The summed E-state index contributed by atoms with van der Waals surface area (Å²) in [6.07, 6.45) is 73.5. The van der Waals surface area contributed by atoms with E-state index in [1.165, 1.54) is 167 Å². The Morgan fingerprint density at radius 1 is 0.348 bits per heavy atom. The lowest BCUT2D eigenvalue weighted by Crippen LogP contribution is -2.30. The van der Waals surface area contributed by atoms with Gasteiger partial charge in [0.1, 0.15) is 6.61 Å². The van der Waals surface area contributed by atoms with E-state index in [9.17, 15) is 9.59 Å². The molecule has 0 saturated carbocycles. The summed E-state index contributed by atoms with van der Waals surface area (Å²) in [5.74, 6) is -0.412. The highest BCUT2D eigenvalue weighted by molar-refractivity contribution is 5.70. The van der Waals surface area contributed by atoms with Crippen molar-refractivity contribution in [2.24, 2.45) is 0 Å². The van der Waals surface area contributed by atoms with Crippen LogP contribution in [0.25, 0.3) is 0 Å². The van der Waals surface area contributed by atoms with Gasteiger partial charge in [-0.05, 0) is 103 Å². The summed E-state index contributed by atoms with van der Waals surface area (Å²) in [6, 6.07) is 0.